The van der Waals surface area contributed by atoms with Crippen LogP contribution in [0.2, 0.25) is 0 Å². The van der Waals surface area contributed by atoms with E-state index in [0.29, 0.717) is 13.0 Å². The van der Waals surface area contributed by atoms with E-state index in [1.54, 1.807) is 19.5 Å². The van der Waals surface area contributed by atoms with Crippen molar-refractivity contribution < 1.29 is 9.53 Å². The monoisotopic (exact) mass is 339 g/mol. The van der Waals surface area contributed by atoms with E-state index in [4.69, 9.17) is 4.74 Å². The first kappa shape index (κ1) is 17.3. The maximum absolute atomic E-state index is 12.7. The molecule has 132 valence electrons. The largest absolute Gasteiger partial charge is 0.497 e. The standard InChI is InChI=1S/C20H25N3O2/c1-20(2)15-22(19(24)13-16-7-9-21-10-8-16)11-12-23(20)17-5-4-6-18(14-17)25-3/h4-10,14H,11-13,15H2,1-3H3. The van der Waals surface area contributed by atoms with Crippen LogP contribution >= 0.6 is 0 Å². The molecule has 1 amide bonds. The van der Waals surface area contributed by atoms with Gasteiger partial charge >= 0.3 is 0 Å². The van der Waals surface area contributed by atoms with Gasteiger partial charge in [-0.1, -0.05) is 6.07 Å². The van der Waals surface area contributed by atoms with Crippen LogP contribution < -0.4 is 9.64 Å². The Morgan fingerprint density at radius 1 is 1.20 bits per heavy atom. The summed E-state index contributed by atoms with van der Waals surface area (Å²) in [6.07, 6.45) is 3.89. The van der Waals surface area contributed by atoms with E-state index in [-0.39, 0.29) is 11.4 Å². The second-order valence-corrected chi connectivity index (χ2v) is 7.01. The van der Waals surface area contributed by atoms with Crippen LogP contribution in [0.15, 0.2) is 48.8 Å². The Kier molecular flexibility index (Phi) is 4.93. The van der Waals surface area contributed by atoms with Crippen molar-refractivity contribution in [3.8, 4) is 5.75 Å². The van der Waals surface area contributed by atoms with Crippen molar-refractivity contribution in [1.29, 1.82) is 0 Å². The number of benzene rings is 1. The van der Waals surface area contributed by atoms with Crippen LogP contribution in [0, 0.1) is 0 Å². The Labute approximate surface area is 149 Å². The molecule has 5 heteroatoms. The molecule has 25 heavy (non-hydrogen) atoms. The number of carbonyl (C=O) groups excluding carboxylic acids is 1. The van der Waals surface area contributed by atoms with Gasteiger partial charge in [-0.3, -0.25) is 9.78 Å². The van der Waals surface area contributed by atoms with E-state index in [9.17, 15) is 4.79 Å². The van der Waals surface area contributed by atoms with Crippen LogP contribution in [-0.4, -0.2) is 48.1 Å². The molecule has 2 aromatic rings. The third-order valence-corrected chi connectivity index (χ3v) is 4.72. The highest BCUT2D eigenvalue weighted by molar-refractivity contribution is 5.79. The van der Waals surface area contributed by atoms with Crippen molar-refractivity contribution in [3.63, 3.8) is 0 Å². The van der Waals surface area contributed by atoms with Gasteiger partial charge in [-0.2, -0.15) is 0 Å². The highest BCUT2D eigenvalue weighted by Gasteiger charge is 2.35. The van der Waals surface area contributed by atoms with Crippen molar-refractivity contribution in [1.82, 2.24) is 9.88 Å². The summed E-state index contributed by atoms with van der Waals surface area (Å²) in [4.78, 5) is 21.0. The number of amides is 1. The zero-order chi connectivity index (χ0) is 17.9. The molecule has 0 aliphatic carbocycles. The van der Waals surface area contributed by atoms with Crippen LogP contribution in [0.5, 0.6) is 5.75 Å². The first-order chi connectivity index (χ1) is 12.0. The predicted molar refractivity (Wildman–Crippen MR) is 98.9 cm³/mol. The van der Waals surface area contributed by atoms with Gasteiger partial charge in [-0.05, 0) is 43.7 Å². The van der Waals surface area contributed by atoms with Gasteiger partial charge in [0.1, 0.15) is 5.75 Å². The van der Waals surface area contributed by atoms with Crippen molar-refractivity contribution in [2.75, 3.05) is 31.6 Å². The van der Waals surface area contributed by atoms with Crippen molar-refractivity contribution >= 4 is 11.6 Å². The number of ether oxygens (including phenoxy) is 1. The number of piperazine rings is 1. The molecule has 1 saturated heterocycles. The molecule has 3 rings (SSSR count). The molecule has 0 N–H and O–H groups in total. The Balaban J connectivity index is 1.70. The minimum Gasteiger partial charge on any atom is -0.497 e. The molecule has 0 spiro atoms. The highest BCUT2D eigenvalue weighted by atomic mass is 16.5. The van der Waals surface area contributed by atoms with Crippen LogP contribution in [0.25, 0.3) is 0 Å². The average Bonchev–Trinajstić information content (AvgIpc) is 2.61. The minimum absolute atomic E-state index is 0.140. The van der Waals surface area contributed by atoms with Gasteiger partial charge in [0, 0.05) is 43.8 Å². The normalized spacial score (nSPS) is 16.6. The molecule has 0 saturated carbocycles. The predicted octanol–water partition coefficient (Wildman–Crippen LogP) is 2.76. The lowest BCUT2D eigenvalue weighted by Crippen LogP contribution is -2.61. The Bertz CT molecular complexity index is 731. The Morgan fingerprint density at radius 3 is 2.64 bits per heavy atom. The van der Waals surface area contributed by atoms with Gasteiger partial charge in [0.05, 0.1) is 19.1 Å². The molecule has 2 heterocycles. The summed E-state index contributed by atoms with van der Waals surface area (Å²) < 4.78 is 5.34. The number of rotatable bonds is 4. The van der Waals surface area contributed by atoms with Gasteiger partial charge in [0.15, 0.2) is 0 Å². The van der Waals surface area contributed by atoms with Gasteiger partial charge in [0.2, 0.25) is 5.91 Å². The first-order valence-electron chi connectivity index (χ1n) is 8.58. The lowest BCUT2D eigenvalue weighted by molar-refractivity contribution is -0.131. The molecular weight excluding hydrogens is 314 g/mol. The molecule has 0 radical (unpaired) electrons. The quantitative estimate of drug-likeness (QED) is 0.859. The zero-order valence-corrected chi connectivity index (χ0v) is 15.1. The summed E-state index contributed by atoms with van der Waals surface area (Å²) in [6, 6.07) is 11.9. The van der Waals surface area contributed by atoms with Gasteiger partial charge in [-0.15, -0.1) is 0 Å². The maximum Gasteiger partial charge on any atom is 0.227 e. The number of hydrogen-bond donors (Lipinski definition) is 0. The summed E-state index contributed by atoms with van der Waals surface area (Å²) in [5.41, 5.74) is 2.00. The van der Waals surface area contributed by atoms with E-state index < -0.39 is 0 Å². The SMILES string of the molecule is COc1cccc(N2CCN(C(=O)Cc3ccncc3)CC2(C)C)c1. The third kappa shape index (κ3) is 3.92. The molecule has 1 aromatic heterocycles. The fraction of sp³-hybridized carbons (Fsp3) is 0.400. The number of methoxy groups -OCH3 is 1. The van der Waals surface area contributed by atoms with E-state index in [1.165, 1.54) is 0 Å². The number of pyridine rings is 1. The summed E-state index contributed by atoms with van der Waals surface area (Å²) in [6.45, 7) is 6.59. The minimum atomic E-state index is -0.140. The van der Waals surface area contributed by atoms with E-state index in [2.05, 4.69) is 35.9 Å². The summed E-state index contributed by atoms with van der Waals surface area (Å²) in [7, 11) is 1.68. The second-order valence-electron chi connectivity index (χ2n) is 7.01. The number of nitrogens with zero attached hydrogens (tertiary/aromatic N) is 3. The first-order valence-corrected chi connectivity index (χ1v) is 8.58. The smallest absolute Gasteiger partial charge is 0.227 e. The Hall–Kier alpha value is -2.56. The van der Waals surface area contributed by atoms with Crippen LogP contribution in [0.1, 0.15) is 19.4 Å². The fourth-order valence-electron chi connectivity index (χ4n) is 3.41. The van der Waals surface area contributed by atoms with Gasteiger partial charge < -0.3 is 14.5 Å². The van der Waals surface area contributed by atoms with Crippen molar-refractivity contribution in [2.45, 2.75) is 25.8 Å². The van der Waals surface area contributed by atoms with E-state index in [1.807, 2.05) is 29.2 Å². The lowest BCUT2D eigenvalue weighted by atomic mass is 9.97. The molecule has 1 fully saturated rings. The number of aromatic nitrogens is 1. The molecule has 1 aromatic carbocycles. The highest BCUT2D eigenvalue weighted by Crippen LogP contribution is 2.30. The van der Waals surface area contributed by atoms with Gasteiger partial charge in [-0.25, -0.2) is 0 Å². The number of hydrogen-bond acceptors (Lipinski definition) is 4. The Morgan fingerprint density at radius 2 is 1.96 bits per heavy atom. The summed E-state index contributed by atoms with van der Waals surface area (Å²) in [5, 5.41) is 0. The van der Waals surface area contributed by atoms with Crippen LogP contribution in [0.4, 0.5) is 5.69 Å². The molecule has 0 atom stereocenters. The molecular formula is C20H25N3O2. The zero-order valence-electron chi connectivity index (χ0n) is 15.1. The molecule has 1 aliphatic heterocycles. The van der Waals surface area contributed by atoms with E-state index >= 15 is 0 Å². The topological polar surface area (TPSA) is 45.7 Å². The maximum atomic E-state index is 12.7. The molecule has 1 aliphatic rings. The van der Waals surface area contributed by atoms with Gasteiger partial charge in [0.25, 0.3) is 0 Å². The molecule has 5 nitrogen and oxygen atoms in total. The lowest BCUT2D eigenvalue weighted by Gasteiger charge is -2.48. The average molecular weight is 339 g/mol. The van der Waals surface area contributed by atoms with Crippen molar-refractivity contribution in [3.05, 3.63) is 54.4 Å². The van der Waals surface area contributed by atoms with E-state index in [0.717, 1.165) is 30.1 Å². The van der Waals surface area contributed by atoms with Crippen LogP contribution in [-0.2, 0) is 11.2 Å². The second kappa shape index (κ2) is 7.13. The molecule has 0 bridgehead atoms. The summed E-state index contributed by atoms with van der Waals surface area (Å²) in [5.74, 6) is 1.02. The third-order valence-electron chi connectivity index (χ3n) is 4.72. The van der Waals surface area contributed by atoms with Crippen molar-refractivity contribution in [2.24, 2.45) is 0 Å². The fourth-order valence-corrected chi connectivity index (χ4v) is 3.41. The number of carbonyl (C=O) groups is 1. The number of anilines is 1. The summed E-state index contributed by atoms with van der Waals surface area (Å²) >= 11 is 0. The van der Waals surface area contributed by atoms with Crippen LogP contribution in [0.3, 0.4) is 0 Å². The molecule has 0 unspecified atom stereocenters.